The molecule has 46 valence electrons. The lowest BCUT2D eigenvalue weighted by atomic mass is 10.0. The molecule has 0 aromatic heterocycles. The van der Waals surface area contributed by atoms with Crippen molar-refractivity contribution in [2.75, 3.05) is 6.56 Å². The van der Waals surface area contributed by atoms with Gasteiger partial charge in [0, 0.05) is 16.0 Å². The van der Waals surface area contributed by atoms with E-state index in [1.165, 1.54) is 0 Å². The van der Waals surface area contributed by atoms with Gasteiger partial charge in [0.2, 0.25) is 0 Å². The zero-order valence-electron chi connectivity index (χ0n) is 12.9. The molecule has 1 fully saturated rings. The first-order chi connectivity index (χ1) is 7.24. The van der Waals surface area contributed by atoms with Gasteiger partial charge in [0.25, 0.3) is 0 Å². The topological polar surface area (TPSA) is 26.3 Å². The van der Waals surface area contributed by atoms with Crippen molar-refractivity contribution in [2.45, 2.75) is 19.6 Å². The number of rotatable bonds is 0. The van der Waals surface area contributed by atoms with Crippen LogP contribution < -0.4 is 0 Å². The Bertz CT molecular complexity index is 344. The van der Waals surface area contributed by atoms with E-state index in [2.05, 4.69) is 4.74 Å². The molecule has 0 spiro atoms. The van der Waals surface area contributed by atoms with Crippen molar-refractivity contribution in [3.63, 3.8) is 0 Å². The molecule has 0 aromatic rings. The SMILES string of the molecule is [2H]C([2H])([2H])C1C([2H])([2H])C(=O)OC([2H])([2H])C1([2H])[2H]. The fourth-order valence-electron chi connectivity index (χ4n) is 0.318. The van der Waals surface area contributed by atoms with Crippen LogP contribution in [0.4, 0.5) is 0 Å². The van der Waals surface area contributed by atoms with Crippen LogP contribution in [-0.4, -0.2) is 12.5 Å². The number of cyclic esters (lactones) is 1. The molecule has 2 nitrogen and oxygen atoms in total. The van der Waals surface area contributed by atoms with Crippen LogP contribution in [-0.2, 0) is 9.53 Å². The molecule has 1 unspecified atom stereocenters. The van der Waals surface area contributed by atoms with E-state index >= 15 is 0 Å². The smallest absolute Gasteiger partial charge is 0.306 e. The molecule has 0 saturated carbocycles. The molecule has 8 heavy (non-hydrogen) atoms. The molecule has 0 aromatic carbocycles. The second-order valence-corrected chi connectivity index (χ2v) is 1.21. The molecular weight excluding hydrogens is 104 g/mol. The van der Waals surface area contributed by atoms with Gasteiger partial charge in [-0.25, -0.2) is 0 Å². The second kappa shape index (κ2) is 2.16. The number of hydrogen-bond acceptors (Lipinski definition) is 2. The van der Waals surface area contributed by atoms with Crippen LogP contribution >= 0.6 is 0 Å². The van der Waals surface area contributed by atoms with Gasteiger partial charge in [-0.3, -0.25) is 4.79 Å². The van der Waals surface area contributed by atoms with Crippen LogP contribution in [0.1, 0.15) is 31.9 Å². The minimum Gasteiger partial charge on any atom is -0.466 e. The number of esters is 1. The first kappa shape index (κ1) is 1.15. The standard InChI is InChI=1S/C6H10O2/c1-5-2-3-8-6(7)4-5/h5H,2-4H2,1H3/i1D3,2D2,3D2,4D2. The summed E-state index contributed by atoms with van der Waals surface area (Å²) in [7, 11) is 0. The van der Waals surface area contributed by atoms with Crippen LogP contribution in [0.25, 0.3) is 0 Å². The molecule has 0 aliphatic carbocycles. The van der Waals surface area contributed by atoms with Gasteiger partial charge >= 0.3 is 5.97 Å². The molecule has 1 aliphatic rings. The van der Waals surface area contributed by atoms with Crippen molar-refractivity contribution >= 4 is 5.97 Å². The predicted octanol–water partition coefficient (Wildman–Crippen LogP) is 0.960. The molecule has 2 heteroatoms. The van der Waals surface area contributed by atoms with E-state index in [1.54, 1.807) is 0 Å². The van der Waals surface area contributed by atoms with Crippen LogP contribution in [0.2, 0.25) is 0 Å². The third-order valence-corrected chi connectivity index (χ3v) is 0.609. The summed E-state index contributed by atoms with van der Waals surface area (Å²) in [6, 6.07) is 0. The number of hydrogen-bond donors (Lipinski definition) is 0. The highest BCUT2D eigenvalue weighted by Gasteiger charge is 2.15. The molecule has 1 heterocycles. The highest BCUT2D eigenvalue weighted by atomic mass is 16.5. The summed E-state index contributed by atoms with van der Waals surface area (Å²) < 4.78 is 69.0. The van der Waals surface area contributed by atoms with Crippen LogP contribution in [0.3, 0.4) is 0 Å². The minimum absolute atomic E-state index is 1.71. The largest absolute Gasteiger partial charge is 0.466 e. The average molecular weight is 123 g/mol. The highest BCUT2D eigenvalue weighted by Crippen LogP contribution is 2.13. The maximum absolute atomic E-state index is 11.2. The van der Waals surface area contributed by atoms with Gasteiger partial charge in [0.1, 0.15) is 0 Å². The molecule has 0 bridgehead atoms. The third-order valence-electron chi connectivity index (χ3n) is 0.609. The van der Waals surface area contributed by atoms with Gasteiger partial charge in [-0.05, 0) is 12.3 Å². The van der Waals surface area contributed by atoms with E-state index in [0.717, 1.165) is 0 Å². The normalized spacial score (nSPS) is 66.8. The predicted molar refractivity (Wildman–Crippen MR) is 29.4 cm³/mol. The van der Waals surface area contributed by atoms with E-state index in [4.69, 9.17) is 12.3 Å². The van der Waals surface area contributed by atoms with Crippen molar-refractivity contribution in [2.24, 2.45) is 5.92 Å². The lowest BCUT2D eigenvalue weighted by Crippen LogP contribution is -2.18. The van der Waals surface area contributed by atoms with Gasteiger partial charge in [0.05, 0.1) is 9.30 Å². The summed E-state index contributed by atoms with van der Waals surface area (Å²) in [6.07, 6.45) is -6.27. The Balaban J connectivity index is 3.41. The Morgan fingerprint density at radius 3 is 3.75 bits per heavy atom. The number of carbonyl (C=O) groups is 1. The molecule has 1 atom stereocenters. The number of ether oxygens (including phenoxy) is 1. The molecule has 1 aliphatic heterocycles. The van der Waals surface area contributed by atoms with Gasteiger partial charge in [-0.1, -0.05) is 6.85 Å². The molecule has 0 radical (unpaired) electrons. The molecule has 1 rings (SSSR count). The Morgan fingerprint density at radius 2 is 3.00 bits per heavy atom. The van der Waals surface area contributed by atoms with Crippen LogP contribution in [0.5, 0.6) is 0 Å². The van der Waals surface area contributed by atoms with Crippen molar-refractivity contribution < 1.29 is 21.9 Å². The van der Waals surface area contributed by atoms with E-state index in [1.807, 2.05) is 0 Å². The van der Waals surface area contributed by atoms with Crippen molar-refractivity contribution in [3.8, 4) is 0 Å². The zero-order chi connectivity index (χ0) is 13.9. The van der Waals surface area contributed by atoms with Gasteiger partial charge < -0.3 is 4.74 Å². The lowest BCUT2D eigenvalue weighted by Gasteiger charge is -2.16. The Kier molecular flexibility index (Phi) is 0.311. The lowest BCUT2D eigenvalue weighted by molar-refractivity contribution is -0.148. The first-order valence-electron chi connectivity index (χ1n) is 6.48. The molecular formula is C6H10O2. The molecule has 1 saturated heterocycles. The van der Waals surface area contributed by atoms with E-state index in [-0.39, 0.29) is 0 Å². The fourth-order valence-corrected chi connectivity index (χ4v) is 0.318. The van der Waals surface area contributed by atoms with Crippen molar-refractivity contribution in [3.05, 3.63) is 0 Å². The zero-order valence-corrected chi connectivity index (χ0v) is 3.89. The Labute approximate surface area is 61.5 Å². The minimum atomic E-state index is -3.19. The summed E-state index contributed by atoms with van der Waals surface area (Å²) in [5, 5.41) is 0. The Hall–Kier alpha value is -0.530. The molecule has 0 N–H and O–H groups in total. The summed E-state index contributed by atoms with van der Waals surface area (Å²) in [5.74, 6) is -4.14. The quantitative estimate of drug-likeness (QED) is 0.448. The van der Waals surface area contributed by atoms with E-state index in [0.29, 0.717) is 0 Å². The summed E-state index contributed by atoms with van der Waals surface area (Å²) in [5.41, 5.74) is 0. The molecule has 0 amide bonds. The summed E-state index contributed by atoms with van der Waals surface area (Å²) in [4.78, 5) is 11.2. The number of carbonyl (C=O) groups excluding carboxylic acids is 1. The monoisotopic (exact) mass is 123 g/mol. The average Bonchev–Trinajstić information content (AvgIpc) is 1.95. The third kappa shape index (κ3) is 1.22. The fraction of sp³-hybridized carbons (Fsp3) is 0.833. The van der Waals surface area contributed by atoms with Crippen molar-refractivity contribution in [1.29, 1.82) is 0 Å². The van der Waals surface area contributed by atoms with Crippen LogP contribution in [0.15, 0.2) is 0 Å². The first-order valence-corrected chi connectivity index (χ1v) is 1.98. The van der Waals surface area contributed by atoms with Gasteiger partial charge in [-0.2, -0.15) is 0 Å². The maximum atomic E-state index is 11.2. The summed E-state index contributed by atoms with van der Waals surface area (Å²) >= 11 is 0. The highest BCUT2D eigenvalue weighted by molar-refractivity contribution is 5.70. The van der Waals surface area contributed by atoms with Gasteiger partial charge in [-0.15, -0.1) is 0 Å². The van der Waals surface area contributed by atoms with Gasteiger partial charge in [0.15, 0.2) is 0 Å². The second-order valence-electron chi connectivity index (χ2n) is 1.21. The van der Waals surface area contributed by atoms with Crippen LogP contribution in [0, 0.1) is 5.92 Å². The Morgan fingerprint density at radius 1 is 2.12 bits per heavy atom. The van der Waals surface area contributed by atoms with E-state index in [9.17, 15) is 4.79 Å². The maximum Gasteiger partial charge on any atom is 0.306 e. The van der Waals surface area contributed by atoms with Crippen molar-refractivity contribution in [1.82, 2.24) is 0 Å². The summed E-state index contributed by atoms with van der Waals surface area (Å²) in [6.45, 7) is -6.35. The van der Waals surface area contributed by atoms with E-state index < -0.39 is 38.0 Å².